The van der Waals surface area contributed by atoms with Gasteiger partial charge in [-0.1, -0.05) is 65.7 Å². The second-order valence-corrected chi connectivity index (χ2v) is 5.48. The van der Waals surface area contributed by atoms with E-state index in [-0.39, 0.29) is 0 Å². The minimum Gasteiger partial charge on any atom is -0.0654 e. The van der Waals surface area contributed by atoms with E-state index < -0.39 is 0 Å². The van der Waals surface area contributed by atoms with Crippen molar-refractivity contribution in [3.05, 3.63) is 0 Å². The highest BCUT2D eigenvalue weighted by atomic mass is 14.3. The van der Waals surface area contributed by atoms with Crippen molar-refractivity contribution in [1.82, 2.24) is 0 Å². The van der Waals surface area contributed by atoms with Gasteiger partial charge in [0.25, 0.3) is 0 Å². The van der Waals surface area contributed by atoms with Gasteiger partial charge in [0.2, 0.25) is 0 Å². The lowest BCUT2D eigenvalue weighted by atomic mass is 9.83. The lowest BCUT2D eigenvalue weighted by molar-refractivity contribution is 0.287. The Labute approximate surface area is 90.5 Å². The Hall–Kier alpha value is 0. The van der Waals surface area contributed by atoms with Crippen molar-refractivity contribution in [3.63, 3.8) is 0 Å². The molecule has 0 heteroatoms. The van der Waals surface area contributed by atoms with Crippen molar-refractivity contribution in [3.8, 4) is 0 Å². The molecule has 1 rings (SSSR count). The van der Waals surface area contributed by atoms with Crippen molar-refractivity contribution in [2.75, 3.05) is 0 Å². The SMILES string of the molecule is CCCCC(C)C(C)CC1CCCC1. The quantitative estimate of drug-likeness (QED) is 0.559. The molecule has 0 nitrogen and oxygen atoms in total. The van der Waals surface area contributed by atoms with Gasteiger partial charge in [-0.05, 0) is 24.2 Å². The van der Waals surface area contributed by atoms with Crippen molar-refractivity contribution >= 4 is 0 Å². The zero-order chi connectivity index (χ0) is 10.4. The molecule has 0 aromatic carbocycles. The Kier molecular flexibility index (Phi) is 5.59. The van der Waals surface area contributed by atoms with Crippen LogP contribution >= 0.6 is 0 Å². The molecule has 0 N–H and O–H groups in total. The average molecular weight is 196 g/mol. The summed E-state index contributed by atoms with van der Waals surface area (Å²) in [5.74, 6) is 2.99. The van der Waals surface area contributed by atoms with Crippen LogP contribution in [0.15, 0.2) is 0 Å². The van der Waals surface area contributed by atoms with Crippen LogP contribution in [-0.4, -0.2) is 0 Å². The summed E-state index contributed by atoms with van der Waals surface area (Å²) in [4.78, 5) is 0. The lowest BCUT2D eigenvalue weighted by Gasteiger charge is -2.22. The van der Waals surface area contributed by atoms with Gasteiger partial charge in [-0.25, -0.2) is 0 Å². The molecule has 0 amide bonds. The first-order valence-electron chi connectivity index (χ1n) is 6.74. The Balaban J connectivity index is 2.15. The number of hydrogen-bond acceptors (Lipinski definition) is 0. The summed E-state index contributed by atoms with van der Waals surface area (Å²) in [6, 6.07) is 0. The molecule has 0 aromatic rings. The van der Waals surface area contributed by atoms with Gasteiger partial charge < -0.3 is 0 Å². The number of unbranched alkanes of at least 4 members (excludes halogenated alkanes) is 1. The maximum Gasteiger partial charge on any atom is -0.0412 e. The molecule has 1 aliphatic rings. The van der Waals surface area contributed by atoms with Gasteiger partial charge in [-0.3, -0.25) is 0 Å². The molecule has 2 atom stereocenters. The van der Waals surface area contributed by atoms with Gasteiger partial charge in [0.15, 0.2) is 0 Å². The summed E-state index contributed by atoms with van der Waals surface area (Å²) >= 11 is 0. The molecule has 1 aliphatic carbocycles. The Bertz CT molecular complexity index is 133. The van der Waals surface area contributed by atoms with Crippen LogP contribution in [0, 0.1) is 17.8 Å². The first kappa shape index (κ1) is 12.1. The van der Waals surface area contributed by atoms with Crippen LogP contribution in [0.4, 0.5) is 0 Å². The van der Waals surface area contributed by atoms with Gasteiger partial charge >= 0.3 is 0 Å². The minimum atomic E-state index is 0.954. The molecular formula is C14H28. The van der Waals surface area contributed by atoms with Crippen LogP contribution < -0.4 is 0 Å². The smallest absolute Gasteiger partial charge is 0.0412 e. The predicted molar refractivity (Wildman–Crippen MR) is 64.4 cm³/mol. The topological polar surface area (TPSA) is 0 Å². The van der Waals surface area contributed by atoms with Crippen LogP contribution in [0.25, 0.3) is 0 Å². The van der Waals surface area contributed by atoms with E-state index in [2.05, 4.69) is 20.8 Å². The standard InChI is InChI=1S/C14H28/c1-4-5-8-12(2)13(3)11-14-9-6-7-10-14/h12-14H,4-11H2,1-3H3. The van der Waals surface area contributed by atoms with Crippen molar-refractivity contribution in [2.24, 2.45) is 17.8 Å². The van der Waals surface area contributed by atoms with E-state index in [9.17, 15) is 0 Å². The first-order valence-corrected chi connectivity index (χ1v) is 6.74. The molecule has 0 aliphatic heterocycles. The van der Waals surface area contributed by atoms with E-state index in [0.29, 0.717) is 0 Å². The summed E-state index contributed by atoms with van der Waals surface area (Å²) < 4.78 is 0. The maximum absolute atomic E-state index is 2.47. The normalized spacial score (nSPS) is 22.5. The molecule has 0 aromatic heterocycles. The van der Waals surface area contributed by atoms with E-state index in [1.54, 1.807) is 0 Å². The summed E-state index contributed by atoms with van der Waals surface area (Å²) in [5, 5.41) is 0. The monoisotopic (exact) mass is 196 g/mol. The van der Waals surface area contributed by atoms with Gasteiger partial charge in [0.1, 0.15) is 0 Å². The minimum absolute atomic E-state index is 0.954. The highest BCUT2D eigenvalue weighted by molar-refractivity contribution is 4.72. The number of hydrogen-bond donors (Lipinski definition) is 0. The Morgan fingerprint density at radius 1 is 1.07 bits per heavy atom. The molecule has 2 unspecified atom stereocenters. The third kappa shape index (κ3) is 4.02. The molecular weight excluding hydrogens is 168 g/mol. The predicted octanol–water partition coefficient (Wildman–Crippen LogP) is 5.03. The van der Waals surface area contributed by atoms with Gasteiger partial charge in [0, 0.05) is 0 Å². The highest BCUT2D eigenvalue weighted by Gasteiger charge is 2.20. The van der Waals surface area contributed by atoms with E-state index in [1.165, 1.54) is 51.4 Å². The molecule has 1 saturated carbocycles. The third-order valence-corrected chi connectivity index (χ3v) is 4.16. The molecule has 84 valence electrons. The van der Waals surface area contributed by atoms with E-state index in [1.807, 2.05) is 0 Å². The van der Waals surface area contributed by atoms with E-state index in [0.717, 1.165) is 17.8 Å². The van der Waals surface area contributed by atoms with Crippen LogP contribution in [0.1, 0.15) is 72.1 Å². The second-order valence-electron chi connectivity index (χ2n) is 5.48. The van der Waals surface area contributed by atoms with E-state index in [4.69, 9.17) is 0 Å². The van der Waals surface area contributed by atoms with Crippen molar-refractivity contribution in [2.45, 2.75) is 72.1 Å². The van der Waals surface area contributed by atoms with Crippen molar-refractivity contribution in [1.29, 1.82) is 0 Å². The van der Waals surface area contributed by atoms with E-state index >= 15 is 0 Å². The van der Waals surface area contributed by atoms with Crippen LogP contribution in [-0.2, 0) is 0 Å². The van der Waals surface area contributed by atoms with Crippen LogP contribution in [0.5, 0.6) is 0 Å². The van der Waals surface area contributed by atoms with Crippen LogP contribution in [0.2, 0.25) is 0 Å². The Morgan fingerprint density at radius 3 is 2.29 bits per heavy atom. The molecule has 14 heavy (non-hydrogen) atoms. The lowest BCUT2D eigenvalue weighted by Crippen LogP contribution is -2.11. The molecule has 1 fully saturated rings. The zero-order valence-electron chi connectivity index (χ0n) is 10.4. The number of rotatable bonds is 6. The highest BCUT2D eigenvalue weighted by Crippen LogP contribution is 2.33. The van der Waals surface area contributed by atoms with Crippen LogP contribution in [0.3, 0.4) is 0 Å². The summed E-state index contributed by atoms with van der Waals surface area (Å²) in [5.41, 5.74) is 0. The summed E-state index contributed by atoms with van der Waals surface area (Å²) in [6.45, 7) is 7.22. The molecule has 0 radical (unpaired) electrons. The largest absolute Gasteiger partial charge is 0.0654 e. The van der Waals surface area contributed by atoms with Gasteiger partial charge in [0.05, 0.1) is 0 Å². The fraction of sp³-hybridized carbons (Fsp3) is 1.00. The fourth-order valence-electron chi connectivity index (χ4n) is 2.81. The molecule has 0 saturated heterocycles. The second kappa shape index (κ2) is 6.48. The third-order valence-electron chi connectivity index (χ3n) is 4.16. The first-order chi connectivity index (χ1) is 6.74. The molecule has 0 bridgehead atoms. The fourth-order valence-corrected chi connectivity index (χ4v) is 2.81. The maximum atomic E-state index is 2.47. The zero-order valence-corrected chi connectivity index (χ0v) is 10.4. The van der Waals surface area contributed by atoms with Crippen molar-refractivity contribution < 1.29 is 0 Å². The van der Waals surface area contributed by atoms with Gasteiger partial charge in [-0.15, -0.1) is 0 Å². The summed E-state index contributed by atoms with van der Waals surface area (Å²) in [6.07, 6.45) is 11.8. The summed E-state index contributed by atoms with van der Waals surface area (Å²) in [7, 11) is 0. The average Bonchev–Trinajstić information content (AvgIpc) is 2.66. The molecule has 0 heterocycles. The molecule has 0 spiro atoms. The van der Waals surface area contributed by atoms with Gasteiger partial charge in [-0.2, -0.15) is 0 Å². The Morgan fingerprint density at radius 2 is 1.71 bits per heavy atom.